The topological polar surface area (TPSA) is 24.4 Å². The van der Waals surface area contributed by atoms with Gasteiger partial charge in [-0.2, -0.15) is 0 Å². The molecule has 1 heterocycles. The molecule has 1 N–H and O–H groups in total. The van der Waals surface area contributed by atoms with Crippen molar-refractivity contribution in [1.29, 1.82) is 0 Å². The van der Waals surface area contributed by atoms with Crippen molar-refractivity contribution < 1.29 is 0 Å². The minimum absolute atomic E-state index is 0.273. The van der Waals surface area contributed by atoms with Gasteiger partial charge in [0.25, 0.3) is 0 Å². The van der Waals surface area contributed by atoms with Crippen LogP contribution in [0.3, 0.4) is 0 Å². The van der Waals surface area contributed by atoms with E-state index in [1.54, 1.807) is 0 Å². The molecule has 2 nitrogen and oxygen atoms in total. The van der Waals surface area contributed by atoms with Crippen LogP contribution in [0.15, 0.2) is 4.99 Å². The van der Waals surface area contributed by atoms with Crippen LogP contribution in [0.1, 0.15) is 53.4 Å². The molecule has 0 radical (unpaired) electrons. The molecule has 1 saturated heterocycles. The van der Waals surface area contributed by atoms with Crippen LogP contribution < -0.4 is 5.32 Å². The molecule has 0 aromatic heterocycles. The van der Waals surface area contributed by atoms with Crippen molar-refractivity contribution in [3.8, 4) is 0 Å². The fourth-order valence-electron chi connectivity index (χ4n) is 2.99. The SMILES string of the molecule is CCC1(C)CSC(=NC2CC(C)CC(C)C2)N1. The van der Waals surface area contributed by atoms with Crippen LogP contribution in [0.25, 0.3) is 0 Å². The highest BCUT2D eigenvalue weighted by Gasteiger charge is 2.32. The summed E-state index contributed by atoms with van der Waals surface area (Å²) in [6.07, 6.45) is 5.11. The first-order valence-corrected chi connectivity index (χ1v) is 7.98. The third kappa shape index (κ3) is 3.40. The number of amidine groups is 1. The number of thioether (sulfide) groups is 1. The predicted molar refractivity (Wildman–Crippen MR) is 77.7 cm³/mol. The molecule has 3 atom stereocenters. The molecular weight excluding hydrogens is 228 g/mol. The first-order valence-electron chi connectivity index (χ1n) is 6.99. The number of rotatable bonds is 2. The van der Waals surface area contributed by atoms with Crippen molar-refractivity contribution in [2.24, 2.45) is 16.8 Å². The highest BCUT2D eigenvalue weighted by Crippen LogP contribution is 2.32. The lowest BCUT2D eigenvalue weighted by Crippen LogP contribution is -2.40. The minimum Gasteiger partial charge on any atom is -0.359 e. The summed E-state index contributed by atoms with van der Waals surface area (Å²) in [6, 6.07) is 0.558. The van der Waals surface area contributed by atoms with Gasteiger partial charge in [0.15, 0.2) is 5.17 Å². The maximum absolute atomic E-state index is 4.95. The highest BCUT2D eigenvalue weighted by atomic mass is 32.2. The number of aliphatic imine (C=N–C) groups is 1. The molecule has 17 heavy (non-hydrogen) atoms. The quantitative estimate of drug-likeness (QED) is 0.813. The smallest absolute Gasteiger partial charge is 0.157 e. The number of nitrogens with one attached hydrogen (secondary N) is 1. The summed E-state index contributed by atoms with van der Waals surface area (Å²) in [5, 5.41) is 4.80. The van der Waals surface area contributed by atoms with Gasteiger partial charge < -0.3 is 5.32 Å². The Morgan fingerprint density at radius 2 is 1.94 bits per heavy atom. The molecule has 0 aromatic carbocycles. The average Bonchev–Trinajstić information content (AvgIpc) is 2.59. The zero-order valence-corrected chi connectivity index (χ0v) is 12.4. The van der Waals surface area contributed by atoms with Gasteiger partial charge in [0.05, 0.1) is 6.04 Å². The Morgan fingerprint density at radius 3 is 2.47 bits per heavy atom. The predicted octanol–water partition coefficient (Wildman–Crippen LogP) is 3.67. The van der Waals surface area contributed by atoms with Gasteiger partial charge in [0.1, 0.15) is 0 Å². The lowest BCUT2D eigenvalue weighted by Gasteiger charge is -2.29. The molecule has 3 unspecified atom stereocenters. The van der Waals surface area contributed by atoms with Crippen LogP contribution in [0.2, 0.25) is 0 Å². The summed E-state index contributed by atoms with van der Waals surface area (Å²) in [4.78, 5) is 4.95. The largest absolute Gasteiger partial charge is 0.359 e. The van der Waals surface area contributed by atoms with Gasteiger partial charge in [-0.05, 0) is 44.4 Å². The fourth-order valence-corrected chi connectivity index (χ4v) is 4.27. The summed E-state index contributed by atoms with van der Waals surface area (Å²) >= 11 is 1.91. The second kappa shape index (κ2) is 5.21. The summed E-state index contributed by atoms with van der Waals surface area (Å²) in [5.41, 5.74) is 0.273. The molecule has 1 aliphatic carbocycles. The summed E-state index contributed by atoms with van der Waals surface area (Å²) in [5.74, 6) is 2.86. The van der Waals surface area contributed by atoms with Crippen LogP contribution in [0.5, 0.6) is 0 Å². The third-order valence-electron chi connectivity index (χ3n) is 4.17. The molecule has 2 aliphatic rings. The fraction of sp³-hybridized carbons (Fsp3) is 0.929. The molecule has 98 valence electrons. The number of hydrogen-bond donors (Lipinski definition) is 1. The molecule has 2 fully saturated rings. The zero-order chi connectivity index (χ0) is 12.5. The van der Waals surface area contributed by atoms with Crippen molar-refractivity contribution in [1.82, 2.24) is 5.32 Å². The monoisotopic (exact) mass is 254 g/mol. The molecule has 2 rings (SSSR count). The first-order chi connectivity index (χ1) is 8.00. The van der Waals surface area contributed by atoms with E-state index in [9.17, 15) is 0 Å². The van der Waals surface area contributed by atoms with Gasteiger partial charge in [0.2, 0.25) is 0 Å². The van der Waals surface area contributed by atoms with Crippen LogP contribution in [-0.2, 0) is 0 Å². The van der Waals surface area contributed by atoms with Gasteiger partial charge in [-0.1, -0.05) is 32.5 Å². The summed E-state index contributed by atoms with van der Waals surface area (Å²) < 4.78 is 0. The van der Waals surface area contributed by atoms with Crippen molar-refractivity contribution in [3.63, 3.8) is 0 Å². The summed E-state index contributed by atoms with van der Waals surface area (Å²) in [6.45, 7) is 9.29. The average molecular weight is 254 g/mol. The maximum Gasteiger partial charge on any atom is 0.157 e. The van der Waals surface area contributed by atoms with Crippen LogP contribution in [0.4, 0.5) is 0 Å². The third-order valence-corrected chi connectivity index (χ3v) is 5.43. The number of nitrogens with zero attached hydrogens (tertiary/aromatic N) is 1. The molecule has 0 spiro atoms. The van der Waals surface area contributed by atoms with E-state index in [-0.39, 0.29) is 5.54 Å². The van der Waals surface area contributed by atoms with E-state index >= 15 is 0 Å². The second-order valence-electron chi connectivity index (χ2n) is 6.33. The zero-order valence-electron chi connectivity index (χ0n) is 11.6. The Labute approximate surface area is 110 Å². The Bertz CT molecular complexity index is 293. The molecule has 0 bridgehead atoms. The van der Waals surface area contributed by atoms with Gasteiger partial charge in [0, 0.05) is 11.3 Å². The van der Waals surface area contributed by atoms with E-state index in [1.165, 1.54) is 36.6 Å². The van der Waals surface area contributed by atoms with Crippen LogP contribution in [-0.4, -0.2) is 22.5 Å². The molecule has 1 aliphatic heterocycles. The first kappa shape index (κ1) is 13.3. The normalized spacial score (nSPS) is 44.9. The molecule has 3 heteroatoms. The van der Waals surface area contributed by atoms with E-state index in [0.29, 0.717) is 6.04 Å². The highest BCUT2D eigenvalue weighted by molar-refractivity contribution is 8.14. The van der Waals surface area contributed by atoms with Gasteiger partial charge >= 0.3 is 0 Å². The van der Waals surface area contributed by atoms with Crippen LogP contribution >= 0.6 is 11.8 Å². The molecular formula is C14H26N2S. The van der Waals surface area contributed by atoms with Crippen molar-refractivity contribution in [3.05, 3.63) is 0 Å². The molecule has 1 saturated carbocycles. The Balaban J connectivity index is 1.96. The van der Waals surface area contributed by atoms with Crippen molar-refractivity contribution in [2.75, 3.05) is 5.75 Å². The van der Waals surface area contributed by atoms with E-state index < -0.39 is 0 Å². The Morgan fingerprint density at radius 1 is 1.29 bits per heavy atom. The minimum atomic E-state index is 0.273. The van der Waals surface area contributed by atoms with Gasteiger partial charge in [-0.15, -0.1) is 0 Å². The van der Waals surface area contributed by atoms with Gasteiger partial charge in [-0.3, -0.25) is 4.99 Å². The summed E-state index contributed by atoms with van der Waals surface area (Å²) in [7, 11) is 0. The Hall–Kier alpha value is -0.180. The van der Waals surface area contributed by atoms with E-state index in [0.717, 1.165) is 11.8 Å². The standard InChI is InChI=1S/C14H26N2S/c1-5-14(4)9-17-13(16-14)15-12-7-10(2)6-11(3)8-12/h10-12H,5-9H2,1-4H3,(H,15,16). The van der Waals surface area contributed by atoms with Crippen molar-refractivity contribution >= 4 is 16.9 Å². The molecule has 0 aromatic rings. The second-order valence-corrected chi connectivity index (χ2v) is 7.30. The lowest BCUT2D eigenvalue weighted by molar-refractivity contribution is 0.270. The van der Waals surface area contributed by atoms with Gasteiger partial charge in [-0.25, -0.2) is 0 Å². The number of hydrogen-bond acceptors (Lipinski definition) is 2. The Kier molecular flexibility index (Phi) is 4.06. The van der Waals surface area contributed by atoms with E-state index in [2.05, 4.69) is 33.0 Å². The maximum atomic E-state index is 4.95. The van der Waals surface area contributed by atoms with E-state index in [1.807, 2.05) is 11.8 Å². The lowest BCUT2D eigenvalue weighted by atomic mass is 9.81. The van der Waals surface area contributed by atoms with Crippen molar-refractivity contribution in [2.45, 2.75) is 65.0 Å². The van der Waals surface area contributed by atoms with E-state index in [4.69, 9.17) is 4.99 Å². The van der Waals surface area contributed by atoms with Crippen LogP contribution in [0, 0.1) is 11.8 Å². The molecule has 0 amide bonds.